The minimum Gasteiger partial charge on any atom is -0.506 e. The zero-order valence-electron chi connectivity index (χ0n) is 33.6. The van der Waals surface area contributed by atoms with Crippen LogP contribution in [0.25, 0.3) is 10.9 Å². The number of nitrogens with one attached hydrogen (secondary N) is 3. The number of amides is 1. The summed E-state index contributed by atoms with van der Waals surface area (Å²) in [6.45, 7) is 4.19. The molecule has 5 aromatic carbocycles. The number of piperidine rings is 1. The Morgan fingerprint density at radius 3 is 2.22 bits per heavy atom. The molecule has 2 atom stereocenters. The highest BCUT2D eigenvalue weighted by molar-refractivity contribution is 5.94. The molecule has 7 rings (SSSR count). The summed E-state index contributed by atoms with van der Waals surface area (Å²) in [6.07, 6.45) is 2.12. The van der Waals surface area contributed by atoms with Gasteiger partial charge in [-0.05, 0) is 109 Å². The minimum atomic E-state index is -2.00. The number of hydrogen-bond acceptors (Lipinski definition) is 9. The van der Waals surface area contributed by atoms with Crippen molar-refractivity contribution in [3.63, 3.8) is 0 Å². The number of aromatic amines is 1. The third-order valence-electron chi connectivity index (χ3n) is 11.3. The zero-order valence-corrected chi connectivity index (χ0v) is 33.6. The van der Waals surface area contributed by atoms with E-state index in [1.165, 1.54) is 17.7 Å². The molecule has 11 nitrogen and oxygen atoms in total. The summed E-state index contributed by atoms with van der Waals surface area (Å²) in [7, 11) is 0. The highest BCUT2D eigenvalue weighted by atomic mass is 16.5. The molecule has 0 radical (unpaired) electrons. The van der Waals surface area contributed by atoms with Crippen LogP contribution in [0.15, 0.2) is 138 Å². The number of phenols is 1. The predicted molar refractivity (Wildman–Crippen MR) is 232 cm³/mol. The average Bonchev–Trinajstić information content (AvgIpc) is 3.28. The number of carbonyl (C=O) groups is 2. The fourth-order valence-corrected chi connectivity index (χ4v) is 7.86. The third-order valence-corrected chi connectivity index (χ3v) is 11.3. The number of H-pyrrole nitrogens is 1. The van der Waals surface area contributed by atoms with E-state index in [-0.39, 0.29) is 36.3 Å². The molecule has 11 heteroatoms. The van der Waals surface area contributed by atoms with E-state index < -0.39 is 17.7 Å². The number of aromatic nitrogens is 1. The summed E-state index contributed by atoms with van der Waals surface area (Å²) in [6, 6.07) is 40.0. The Morgan fingerprint density at radius 2 is 1.47 bits per heavy atom. The number of hydrogen-bond donors (Lipinski definition) is 6. The summed E-state index contributed by atoms with van der Waals surface area (Å²) >= 11 is 0. The van der Waals surface area contributed by atoms with Crippen LogP contribution < -0.4 is 16.2 Å². The third kappa shape index (κ3) is 10.4. The fraction of sp³-hybridized carbons (Fsp3) is 0.286. The van der Waals surface area contributed by atoms with Gasteiger partial charge in [0.2, 0.25) is 11.2 Å². The van der Waals surface area contributed by atoms with Crippen molar-refractivity contribution in [2.45, 2.75) is 43.9 Å². The normalized spacial score (nSPS) is 15.0. The van der Waals surface area contributed by atoms with Gasteiger partial charge in [-0.1, -0.05) is 103 Å². The molecule has 0 spiro atoms. The van der Waals surface area contributed by atoms with Gasteiger partial charge in [-0.25, -0.2) is 4.79 Å². The van der Waals surface area contributed by atoms with Crippen LogP contribution in [0.1, 0.15) is 62.7 Å². The molecule has 0 saturated carbocycles. The van der Waals surface area contributed by atoms with Gasteiger partial charge in [0.05, 0.1) is 18.2 Å². The van der Waals surface area contributed by atoms with Crippen molar-refractivity contribution in [3.05, 3.63) is 183 Å². The molecule has 0 aliphatic carbocycles. The molecule has 60 heavy (non-hydrogen) atoms. The van der Waals surface area contributed by atoms with Gasteiger partial charge in [0.15, 0.2) is 0 Å². The van der Waals surface area contributed by atoms with Gasteiger partial charge in [-0.3, -0.25) is 14.5 Å². The predicted octanol–water partition coefficient (Wildman–Crippen LogP) is 5.76. The van der Waals surface area contributed by atoms with Crippen molar-refractivity contribution in [3.8, 4) is 5.75 Å². The lowest BCUT2D eigenvalue weighted by Crippen LogP contribution is -2.40. The van der Waals surface area contributed by atoms with Crippen molar-refractivity contribution < 1.29 is 29.6 Å². The smallest absolute Gasteiger partial charge is 0.347 e. The van der Waals surface area contributed by atoms with Crippen LogP contribution in [0.5, 0.6) is 5.75 Å². The molecule has 2 heterocycles. The maximum atomic E-state index is 13.9. The lowest BCUT2D eigenvalue weighted by atomic mass is 9.85. The highest BCUT2D eigenvalue weighted by Crippen LogP contribution is 2.33. The molecule has 6 aromatic rings. The molecular weight excluding hydrogens is 757 g/mol. The van der Waals surface area contributed by atoms with Crippen LogP contribution in [-0.4, -0.2) is 76.4 Å². The monoisotopic (exact) mass is 808 g/mol. The number of carbonyl (C=O) groups excluding carboxylic acids is 2. The number of esters is 1. The summed E-state index contributed by atoms with van der Waals surface area (Å²) < 4.78 is 5.90. The molecule has 1 amide bonds. The van der Waals surface area contributed by atoms with Gasteiger partial charge in [0.1, 0.15) is 5.75 Å². The molecule has 1 aromatic heterocycles. The number of pyridine rings is 1. The molecule has 310 valence electrons. The quantitative estimate of drug-likeness (QED) is 0.0497. The van der Waals surface area contributed by atoms with Gasteiger partial charge in [-0.15, -0.1) is 0 Å². The molecular formula is C49H52N4O7. The van der Waals surface area contributed by atoms with E-state index in [2.05, 4.69) is 44.8 Å². The Labute approximate surface area is 349 Å². The van der Waals surface area contributed by atoms with Crippen LogP contribution >= 0.6 is 0 Å². The van der Waals surface area contributed by atoms with Gasteiger partial charge in [-0.2, -0.15) is 0 Å². The lowest BCUT2D eigenvalue weighted by Gasteiger charge is -2.33. The van der Waals surface area contributed by atoms with Gasteiger partial charge in [0, 0.05) is 36.7 Å². The van der Waals surface area contributed by atoms with E-state index >= 15 is 0 Å². The summed E-state index contributed by atoms with van der Waals surface area (Å²) in [4.78, 5) is 43.7. The maximum absolute atomic E-state index is 13.9. The van der Waals surface area contributed by atoms with Gasteiger partial charge in [0.25, 0.3) is 5.91 Å². The molecule has 6 N–H and O–H groups in total. The molecule has 0 bridgehead atoms. The van der Waals surface area contributed by atoms with Crippen LogP contribution in [0, 0.1) is 5.92 Å². The number of aliphatic hydroxyl groups excluding tert-OH is 1. The Morgan fingerprint density at radius 1 is 0.783 bits per heavy atom. The van der Waals surface area contributed by atoms with Crippen molar-refractivity contribution in [1.82, 2.24) is 20.5 Å². The first kappa shape index (κ1) is 42.0. The summed E-state index contributed by atoms with van der Waals surface area (Å²) in [5.74, 6) is -0.758. The second kappa shape index (κ2) is 19.8. The fourth-order valence-electron chi connectivity index (χ4n) is 7.86. The Hall–Kier alpha value is -6.11. The van der Waals surface area contributed by atoms with Crippen molar-refractivity contribution in [1.29, 1.82) is 0 Å². The molecule has 1 aliphatic heterocycles. The first-order valence-corrected chi connectivity index (χ1v) is 20.6. The Balaban J connectivity index is 0.882. The molecule has 1 unspecified atom stereocenters. The van der Waals surface area contributed by atoms with Crippen molar-refractivity contribution in [2.24, 2.45) is 5.92 Å². The van der Waals surface area contributed by atoms with E-state index in [9.17, 15) is 29.7 Å². The standard InChI is InChI=1S/C49H52N4O7/c54-43-20-18-41(42-19-21-45(56)52-46(42)43)44(55)31-50-26-22-34-14-16-38(17-15-34)47(57)51-27-23-35-10-7-13-40(30-35)49(59,39-11-5-2-6-12-39)48(58)60-33-37-24-28-53(29-25-37)32-36-8-3-1-4-9-36/h1-21,30,37,44,50,54-55,59H,22-29,31-33H2,(H,51,57)(H,52,56)/t44-,49?/m0/s1. The summed E-state index contributed by atoms with van der Waals surface area (Å²) in [5, 5.41) is 39.9. The van der Waals surface area contributed by atoms with E-state index in [0.717, 1.165) is 43.6 Å². The number of likely N-dealkylation sites (tertiary alicyclic amines) is 1. The first-order chi connectivity index (χ1) is 29.2. The number of nitrogens with zero attached hydrogens (tertiary/aromatic N) is 1. The van der Waals surface area contributed by atoms with Crippen LogP contribution in [0.4, 0.5) is 0 Å². The SMILES string of the molecule is O=C(NCCc1cccc(C(O)(C(=O)OCC2CCN(Cc3ccccc3)CC2)c2ccccc2)c1)c1ccc(CCNC[C@H](O)c2ccc(O)c3[nH]c(=O)ccc23)cc1. The highest BCUT2D eigenvalue weighted by Gasteiger charge is 2.42. The van der Waals surface area contributed by atoms with Gasteiger partial charge < -0.3 is 35.7 Å². The van der Waals surface area contributed by atoms with E-state index in [1.54, 1.807) is 60.7 Å². The topological polar surface area (TPSA) is 164 Å². The van der Waals surface area contributed by atoms with E-state index in [4.69, 9.17) is 4.74 Å². The lowest BCUT2D eigenvalue weighted by molar-refractivity contribution is -0.164. The number of fused-ring (bicyclic) bond motifs is 1. The maximum Gasteiger partial charge on any atom is 0.347 e. The number of rotatable bonds is 17. The Bertz CT molecular complexity index is 2420. The van der Waals surface area contributed by atoms with E-state index in [1.807, 2.05) is 36.4 Å². The molecule has 1 saturated heterocycles. The first-order valence-electron chi connectivity index (χ1n) is 20.6. The van der Waals surface area contributed by atoms with E-state index in [0.29, 0.717) is 59.1 Å². The molecule has 1 aliphatic rings. The van der Waals surface area contributed by atoms with Crippen molar-refractivity contribution >= 4 is 22.8 Å². The number of aromatic hydroxyl groups is 1. The summed E-state index contributed by atoms with van der Waals surface area (Å²) in [5.41, 5.74) is 3.07. The zero-order chi connectivity index (χ0) is 41.9. The molecule has 1 fully saturated rings. The van der Waals surface area contributed by atoms with Crippen LogP contribution in [0.3, 0.4) is 0 Å². The average molecular weight is 809 g/mol. The second-order valence-corrected chi connectivity index (χ2v) is 15.5. The van der Waals surface area contributed by atoms with Gasteiger partial charge >= 0.3 is 5.97 Å². The largest absolute Gasteiger partial charge is 0.506 e. The van der Waals surface area contributed by atoms with Crippen molar-refractivity contribution in [2.75, 3.05) is 39.3 Å². The Kier molecular flexibility index (Phi) is 13.8. The van der Waals surface area contributed by atoms with Crippen LogP contribution in [-0.2, 0) is 34.5 Å². The second-order valence-electron chi connectivity index (χ2n) is 15.5. The minimum absolute atomic E-state index is 0.0562. The number of benzene rings is 5. The van der Waals surface area contributed by atoms with Crippen LogP contribution in [0.2, 0.25) is 0 Å². The number of ether oxygens (including phenoxy) is 1. The number of aliphatic hydroxyl groups is 2. The number of phenolic OH excluding ortho intramolecular Hbond substituents is 1.